The van der Waals surface area contributed by atoms with Crippen LogP contribution in [0.3, 0.4) is 0 Å². The standard InChI is InChI=1S/C45H65N5/c1-3-35-12-10-13-36(20-19-35)29-47-42-15-6-7-16-43(42)48-32-39-25-27-40(28-26-39)33-50-45-18-9-8-17-44(45)49-31-38-23-21-37(22-24-38)30-46-41-14-5-4-11-34(41)2/h12-13,19-28,34,41-50H,3-9,11,14-18,29-33H2,1-2H3. The van der Waals surface area contributed by atoms with Gasteiger partial charge in [0.05, 0.1) is 0 Å². The summed E-state index contributed by atoms with van der Waals surface area (Å²) < 4.78 is 0. The van der Waals surface area contributed by atoms with Gasteiger partial charge in [-0.3, -0.25) is 0 Å². The molecular formula is C45H65N5. The SMILES string of the molecule is CCC1=CC=C(CNC2CCCCC2NCc2ccc(CNC3CCCCC3NCc3ccc(CNC4CCCCC4C)cc3)cc2)C=C=C1. The molecule has 0 saturated heterocycles. The number of rotatable bonds is 16. The van der Waals surface area contributed by atoms with Crippen molar-refractivity contribution in [2.75, 3.05) is 6.54 Å². The molecule has 2 aromatic carbocycles. The number of nitrogens with one attached hydrogen (secondary N) is 5. The zero-order chi connectivity index (χ0) is 34.4. The Kier molecular flexibility index (Phi) is 14.6. The van der Waals surface area contributed by atoms with E-state index in [1.54, 1.807) is 0 Å². The van der Waals surface area contributed by atoms with Gasteiger partial charge in [-0.1, -0.05) is 113 Å². The van der Waals surface area contributed by atoms with Gasteiger partial charge < -0.3 is 26.6 Å². The van der Waals surface area contributed by atoms with Gasteiger partial charge in [-0.15, -0.1) is 5.73 Å². The highest BCUT2D eigenvalue weighted by Gasteiger charge is 2.26. The molecule has 0 bridgehead atoms. The summed E-state index contributed by atoms with van der Waals surface area (Å²) in [4.78, 5) is 0. The van der Waals surface area contributed by atoms with Gasteiger partial charge >= 0.3 is 0 Å². The van der Waals surface area contributed by atoms with E-state index in [-0.39, 0.29) is 0 Å². The summed E-state index contributed by atoms with van der Waals surface area (Å²) in [6, 6.07) is 21.4. The zero-order valence-electron chi connectivity index (χ0n) is 31.1. The summed E-state index contributed by atoms with van der Waals surface area (Å²) in [5.41, 5.74) is 11.5. The first-order valence-corrected chi connectivity index (χ1v) is 20.3. The van der Waals surface area contributed by atoms with E-state index in [0.29, 0.717) is 30.2 Å². The average Bonchev–Trinajstić information content (AvgIpc) is 3.41. The Morgan fingerprint density at radius 3 is 1.22 bits per heavy atom. The lowest BCUT2D eigenvalue weighted by Gasteiger charge is -2.33. The molecule has 5 N–H and O–H groups in total. The molecule has 0 spiro atoms. The van der Waals surface area contributed by atoms with Crippen molar-refractivity contribution in [2.24, 2.45) is 5.92 Å². The van der Waals surface area contributed by atoms with E-state index in [1.165, 1.54) is 110 Å². The van der Waals surface area contributed by atoms with Crippen LogP contribution < -0.4 is 26.6 Å². The monoisotopic (exact) mass is 676 g/mol. The van der Waals surface area contributed by atoms with Crippen molar-refractivity contribution in [1.29, 1.82) is 0 Å². The van der Waals surface area contributed by atoms with Gasteiger partial charge in [0.15, 0.2) is 0 Å². The van der Waals surface area contributed by atoms with Crippen molar-refractivity contribution in [3.05, 3.63) is 112 Å². The summed E-state index contributed by atoms with van der Waals surface area (Å²) >= 11 is 0. The van der Waals surface area contributed by atoms with Crippen LogP contribution in [-0.4, -0.2) is 36.8 Å². The van der Waals surface area contributed by atoms with Crippen LogP contribution in [0.25, 0.3) is 0 Å². The molecule has 50 heavy (non-hydrogen) atoms. The summed E-state index contributed by atoms with van der Waals surface area (Å²) in [6.07, 6.45) is 25.5. The van der Waals surface area contributed by atoms with E-state index in [1.807, 2.05) is 0 Å². The Balaban J connectivity index is 0.914. The fraction of sp³-hybridized carbons (Fsp3) is 0.578. The summed E-state index contributed by atoms with van der Waals surface area (Å²) in [5.74, 6) is 0.803. The maximum atomic E-state index is 3.93. The highest BCUT2D eigenvalue weighted by molar-refractivity contribution is 5.35. The minimum atomic E-state index is 0.511. The van der Waals surface area contributed by atoms with Gasteiger partial charge in [-0.25, -0.2) is 0 Å². The van der Waals surface area contributed by atoms with Gasteiger partial charge in [0.25, 0.3) is 0 Å². The third-order valence-corrected chi connectivity index (χ3v) is 12.0. The molecule has 5 heteroatoms. The minimum Gasteiger partial charge on any atom is -0.310 e. The van der Waals surface area contributed by atoms with E-state index in [9.17, 15) is 0 Å². The van der Waals surface area contributed by atoms with Crippen LogP contribution in [-0.2, 0) is 26.2 Å². The highest BCUT2D eigenvalue weighted by Crippen LogP contribution is 2.25. The molecule has 0 amide bonds. The lowest BCUT2D eigenvalue weighted by Crippen LogP contribution is -2.50. The second kappa shape index (κ2) is 19.7. The first-order chi connectivity index (χ1) is 24.6. The Hall–Kier alpha value is -2.76. The molecule has 270 valence electrons. The van der Waals surface area contributed by atoms with Crippen LogP contribution in [0, 0.1) is 5.92 Å². The maximum absolute atomic E-state index is 3.93. The molecule has 4 aliphatic carbocycles. The summed E-state index contributed by atoms with van der Waals surface area (Å²) in [7, 11) is 0. The van der Waals surface area contributed by atoms with E-state index in [0.717, 1.165) is 45.1 Å². The fourth-order valence-electron chi connectivity index (χ4n) is 8.55. The molecule has 4 aliphatic rings. The van der Waals surface area contributed by atoms with E-state index in [2.05, 4.69) is 119 Å². The van der Waals surface area contributed by atoms with Crippen LogP contribution >= 0.6 is 0 Å². The molecular weight excluding hydrogens is 611 g/mol. The Morgan fingerprint density at radius 1 is 0.460 bits per heavy atom. The quantitative estimate of drug-likeness (QED) is 0.116. The topological polar surface area (TPSA) is 60.1 Å². The molecule has 2 aromatic rings. The molecule has 6 rings (SSSR count). The van der Waals surface area contributed by atoms with Crippen molar-refractivity contribution < 1.29 is 0 Å². The smallest absolute Gasteiger partial charge is 0.0224 e. The van der Waals surface area contributed by atoms with E-state index in [4.69, 9.17) is 0 Å². The molecule has 0 aromatic heterocycles. The van der Waals surface area contributed by atoms with Crippen molar-refractivity contribution in [3.63, 3.8) is 0 Å². The summed E-state index contributed by atoms with van der Waals surface area (Å²) in [6.45, 7) is 9.30. The molecule has 3 fully saturated rings. The van der Waals surface area contributed by atoms with E-state index < -0.39 is 0 Å². The highest BCUT2D eigenvalue weighted by atomic mass is 15.0. The molecule has 0 heterocycles. The Bertz CT molecular complexity index is 1430. The molecule has 0 aliphatic heterocycles. The molecule has 5 nitrogen and oxygen atoms in total. The number of hydrogen-bond acceptors (Lipinski definition) is 5. The fourth-order valence-corrected chi connectivity index (χ4v) is 8.55. The van der Waals surface area contributed by atoms with Gasteiger partial charge in [-0.05, 0) is 96.4 Å². The minimum absolute atomic E-state index is 0.511. The number of allylic oxidation sites excluding steroid dienone is 3. The first kappa shape index (κ1) is 37.0. The molecule has 6 unspecified atom stereocenters. The Morgan fingerprint density at radius 2 is 0.800 bits per heavy atom. The van der Waals surface area contributed by atoms with Crippen LogP contribution in [0.5, 0.6) is 0 Å². The molecule has 3 saturated carbocycles. The van der Waals surface area contributed by atoms with Gasteiger partial charge in [-0.2, -0.15) is 0 Å². The third-order valence-electron chi connectivity index (χ3n) is 12.0. The van der Waals surface area contributed by atoms with Crippen molar-refractivity contribution >= 4 is 0 Å². The van der Waals surface area contributed by atoms with Gasteiger partial charge in [0.1, 0.15) is 0 Å². The number of hydrogen-bond donors (Lipinski definition) is 5. The van der Waals surface area contributed by atoms with Crippen LogP contribution in [0.15, 0.2) is 89.7 Å². The Labute approximate surface area is 303 Å². The summed E-state index contributed by atoms with van der Waals surface area (Å²) in [5, 5.41) is 19.5. The molecule has 0 radical (unpaired) electrons. The maximum Gasteiger partial charge on any atom is 0.0224 e. The normalized spacial score (nSPS) is 27.1. The predicted molar refractivity (Wildman–Crippen MR) is 211 cm³/mol. The lowest BCUT2D eigenvalue weighted by atomic mass is 9.86. The average molecular weight is 676 g/mol. The molecule has 6 atom stereocenters. The van der Waals surface area contributed by atoms with Crippen molar-refractivity contribution in [3.8, 4) is 0 Å². The zero-order valence-corrected chi connectivity index (χ0v) is 31.1. The second-order valence-electron chi connectivity index (χ2n) is 15.7. The van der Waals surface area contributed by atoms with Crippen molar-refractivity contribution in [2.45, 2.75) is 154 Å². The van der Waals surface area contributed by atoms with Crippen molar-refractivity contribution in [1.82, 2.24) is 26.6 Å². The van der Waals surface area contributed by atoms with Crippen LogP contribution in [0.2, 0.25) is 0 Å². The van der Waals surface area contributed by atoms with Gasteiger partial charge in [0, 0.05) is 62.9 Å². The third kappa shape index (κ3) is 11.4. The largest absolute Gasteiger partial charge is 0.310 e. The van der Waals surface area contributed by atoms with Gasteiger partial charge in [0.2, 0.25) is 0 Å². The predicted octanol–water partition coefficient (Wildman–Crippen LogP) is 8.52. The number of benzene rings is 2. The first-order valence-electron chi connectivity index (χ1n) is 20.3. The second-order valence-corrected chi connectivity index (χ2v) is 15.7. The lowest BCUT2D eigenvalue weighted by molar-refractivity contribution is 0.279. The van der Waals surface area contributed by atoms with Crippen LogP contribution in [0.1, 0.15) is 120 Å². The van der Waals surface area contributed by atoms with E-state index >= 15 is 0 Å². The van der Waals surface area contributed by atoms with Crippen LogP contribution in [0.4, 0.5) is 0 Å².